The maximum absolute atomic E-state index is 12.2. The number of hydrogen-bond acceptors (Lipinski definition) is 5. The van der Waals surface area contributed by atoms with Gasteiger partial charge in [-0.2, -0.15) is 0 Å². The van der Waals surface area contributed by atoms with Crippen LogP contribution in [0.2, 0.25) is 0 Å². The molecule has 0 aromatic heterocycles. The number of carbonyl (C=O) groups is 1. The molecule has 2 aliphatic heterocycles. The Morgan fingerprint density at radius 3 is 2.72 bits per heavy atom. The Morgan fingerprint density at radius 1 is 1.50 bits per heavy atom. The molecule has 6 heteroatoms. The van der Waals surface area contributed by atoms with E-state index in [0.29, 0.717) is 6.54 Å². The molecule has 2 saturated heterocycles. The summed E-state index contributed by atoms with van der Waals surface area (Å²) in [6, 6.07) is -0.494. The van der Waals surface area contributed by atoms with Crippen LogP contribution in [0.5, 0.6) is 0 Å². The fourth-order valence-corrected chi connectivity index (χ4v) is 2.89. The summed E-state index contributed by atoms with van der Waals surface area (Å²) < 4.78 is 5.40. The van der Waals surface area contributed by atoms with Crippen molar-refractivity contribution in [2.75, 3.05) is 19.7 Å². The van der Waals surface area contributed by atoms with E-state index in [1.54, 1.807) is 4.90 Å². The van der Waals surface area contributed by atoms with Gasteiger partial charge in [0.25, 0.3) is 0 Å². The minimum atomic E-state index is -0.536. The van der Waals surface area contributed by atoms with Crippen molar-refractivity contribution in [1.82, 2.24) is 10.2 Å². The van der Waals surface area contributed by atoms with Gasteiger partial charge in [0.1, 0.15) is 5.60 Å². The predicted octanol–water partition coefficient (Wildman–Crippen LogP) is -0.487. The minimum absolute atomic E-state index is 0.0343. The molecule has 2 heterocycles. The van der Waals surface area contributed by atoms with E-state index >= 15 is 0 Å². The Hall–Kier alpha value is -0.850. The van der Waals surface area contributed by atoms with E-state index in [1.165, 1.54) is 0 Å². The number of aliphatic hydroxyl groups excluding tert-OH is 1. The molecule has 6 nitrogen and oxygen atoms in total. The van der Waals surface area contributed by atoms with Crippen molar-refractivity contribution >= 4 is 6.09 Å². The molecule has 0 aromatic carbocycles. The number of nitrogens with one attached hydrogen (secondary N) is 1. The Morgan fingerprint density at radius 2 is 2.17 bits per heavy atom. The van der Waals surface area contributed by atoms with Gasteiger partial charge in [0.05, 0.1) is 18.7 Å². The maximum Gasteiger partial charge on any atom is 0.410 e. The standard InChI is InChI=1S/C12H23N3O3/c1-12(2,3)18-11(17)15-8-5-14-4-7(8)10(13)9(15)6-16/h7-10,14,16H,4-6,13H2,1-3H3/t7-,8+,9+,10-/m0/s1. The number of nitrogens with two attached hydrogens (primary N) is 1. The van der Waals surface area contributed by atoms with Crippen molar-refractivity contribution in [2.45, 2.75) is 44.5 Å². The summed E-state index contributed by atoms with van der Waals surface area (Å²) in [4.78, 5) is 13.9. The third-order valence-corrected chi connectivity index (χ3v) is 3.67. The molecule has 4 N–H and O–H groups in total. The highest BCUT2D eigenvalue weighted by atomic mass is 16.6. The summed E-state index contributed by atoms with van der Waals surface area (Å²) in [6.07, 6.45) is -0.381. The van der Waals surface area contributed by atoms with E-state index in [4.69, 9.17) is 10.5 Å². The van der Waals surface area contributed by atoms with Crippen molar-refractivity contribution in [3.8, 4) is 0 Å². The molecule has 0 bridgehead atoms. The van der Waals surface area contributed by atoms with Gasteiger partial charge in [-0.25, -0.2) is 4.79 Å². The van der Waals surface area contributed by atoms with Crippen molar-refractivity contribution in [2.24, 2.45) is 11.7 Å². The highest BCUT2D eigenvalue weighted by Gasteiger charge is 2.52. The second kappa shape index (κ2) is 4.68. The minimum Gasteiger partial charge on any atom is -0.444 e. The quantitative estimate of drug-likeness (QED) is 0.590. The number of nitrogens with zero attached hydrogens (tertiary/aromatic N) is 1. The molecule has 4 atom stereocenters. The van der Waals surface area contributed by atoms with Gasteiger partial charge in [-0.15, -0.1) is 0 Å². The molecule has 0 aromatic rings. The normalized spacial score (nSPS) is 35.7. The van der Waals surface area contributed by atoms with Gasteiger partial charge in [-0.1, -0.05) is 0 Å². The van der Waals surface area contributed by atoms with E-state index in [9.17, 15) is 9.90 Å². The topological polar surface area (TPSA) is 87.8 Å². The van der Waals surface area contributed by atoms with Gasteiger partial charge in [0, 0.05) is 25.0 Å². The fraction of sp³-hybridized carbons (Fsp3) is 0.917. The number of hydrogen-bond donors (Lipinski definition) is 3. The number of rotatable bonds is 1. The molecule has 2 fully saturated rings. The van der Waals surface area contributed by atoms with E-state index < -0.39 is 5.60 Å². The lowest BCUT2D eigenvalue weighted by Gasteiger charge is -2.31. The van der Waals surface area contributed by atoms with E-state index in [0.717, 1.165) is 6.54 Å². The zero-order valence-electron chi connectivity index (χ0n) is 11.2. The van der Waals surface area contributed by atoms with Gasteiger partial charge in [0.15, 0.2) is 0 Å². The van der Waals surface area contributed by atoms with Crippen LogP contribution in [0.4, 0.5) is 4.79 Å². The fourth-order valence-electron chi connectivity index (χ4n) is 2.89. The van der Waals surface area contributed by atoms with Crippen LogP contribution in [-0.2, 0) is 4.74 Å². The van der Waals surface area contributed by atoms with Crippen LogP contribution in [0.15, 0.2) is 0 Å². The molecule has 0 unspecified atom stereocenters. The zero-order valence-corrected chi connectivity index (χ0v) is 11.2. The molecule has 18 heavy (non-hydrogen) atoms. The Kier molecular flexibility index (Phi) is 3.53. The number of amides is 1. The van der Waals surface area contributed by atoms with Crippen molar-refractivity contribution in [3.05, 3.63) is 0 Å². The molecular weight excluding hydrogens is 234 g/mol. The highest BCUT2D eigenvalue weighted by Crippen LogP contribution is 2.32. The Bertz CT molecular complexity index is 327. The Labute approximate surface area is 107 Å². The molecular formula is C12H23N3O3. The molecule has 2 rings (SSSR count). The van der Waals surface area contributed by atoms with Crippen LogP contribution in [0, 0.1) is 5.92 Å². The van der Waals surface area contributed by atoms with Crippen molar-refractivity contribution in [3.63, 3.8) is 0 Å². The number of aliphatic hydroxyl groups is 1. The molecule has 0 saturated carbocycles. The molecule has 0 aliphatic carbocycles. The average Bonchev–Trinajstić information content (AvgIpc) is 2.77. The third-order valence-electron chi connectivity index (χ3n) is 3.67. The van der Waals surface area contributed by atoms with Gasteiger partial charge in [-0.05, 0) is 20.8 Å². The predicted molar refractivity (Wildman–Crippen MR) is 67.1 cm³/mol. The van der Waals surface area contributed by atoms with E-state index in [-0.39, 0.29) is 36.7 Å². The second-order valence-corrected chi connectivity index (χ2v) is 6.10. The molecule has 2 aliphatic rings. The maximum atomic E-state index is 12.2. The van der Waals surface area contributed by atoms with Crippen LogP contribution in [-0.4, -0.2) is 59.5 Å². The first-order valence-corrected chi connectivity index (χ1v) is 6.43. The lowest BCUT2D eigenvalue weighted by molar-refractivity contribution is 0.00865. The van der Waals surface area contributed by atoms with Crippen molar-refractivity contribution < 1.29 is 14.6 Å². The third kappa shape index (κ3) is 2.32. The van der Waals surface area contributed by atoms with Gasteiger partial charge < -0.3 is 20.9 Å². The summed E-state index contributed by atoms with van der Waals surface area (Å²) in [7, 11) is 0. The second-order valence-electron chi connectivity index (χ2n) is 6.10. The van der Waals surface area contributed by atoms with Crippen molar-refractivity contribution in [1.29, 1.82) is 0 Å². The first-order chi connectivity index (χ1) is 8.35. The molecule has 0 radical (unpaired) electrons. The highest BCUT2D eigenvalue weighted by molar-refractivity contribution is 5.70. The van der Waals surface area contributed by atoms with Gasteiger partial charge in [-0.3, -0.25) is 4.90 Å². The largest absolute Gasteiger partial charge is 0.444 e. The summed E-state index contributed by atoms with van der Waals surface area (Å²) in [5.74, 6) is 0.203. The number of ether oxygens (including phenoxy) is 1. The molecule has 0 spiro atoms. The number of fused-ring (bicyclic) bond motifs is 1. The summed E-state index contributed by atoms with van der Waals surface area (Å²) >= 11 is 0. The summed E-state index contributed by atoms with van der Waals surface area (Å²) in [5.41, 5.74) is 5.58. The monoisotopic (exact) mass is 257 g/mol. The zero-order chi connectivity index (χ0) is 13.5. The van der Waals surface area contributed by atoms with Crippen LogP contribution >= 0.6 is 0 Å². The van der Waals surface area contributed by atoms with Crippen LogP contribution in [0.3, 0.4) is 0 Å². The smallest absolute Gasteiger partial charge is 0.410 e. The van der Waals surface area contributed by atoms with Gasteiger partial charge in [0.2, 0.25) is 0 Å². The molecule has 104 valence electrons. The number of likely N-dealkylation sites (tertiary alicyclic amines) is 1. The first kappa shape index (κ1) is 13.6. The van der Waals surface area contributed by atoms with Crippen LogP contribution < -0.4 is 11.1 Å². The lowest BCUT2D eigenvalue weighted by Crippen LogP contribution is -2.50. The summed E-state index contributed by atoms with van der Waals surface area (Å²) in [6.45, 7) is 6.89. The average molecular weight is 257 g/mol. The van der Waals surface area contributed by atoms with E-state index in [2.05, 4.69) is 5.32 Å². The number of carbonyl (C=O) groups excluding carboxylic acids is 1. The SMILES string of the molecule is CC(C)(C)OC(=O)N1[C@H](CO)[C@@H](N)[C@H]2CNC[C@H]21. The summed E-state index contributed by atoms with van der Waals surface area (Å²) in [5, 5.41) is 12.7. The molecule has 1 amide bonds. The Balaban J connectivity index is 2.16. The lowest BCUT2D eigenvalue weighted by atomic mass is 9.97. The van der Waals surface area contributed by atoms with Gasteiger partial charge >= 0.3 is 6.09 Å². The van der Waals surface area contributed by atoms with Crippen LogP contribution in [0.1, 0.15) is 20.8 Å². The van der Waals surface area contributed by atoms with E-state index in [1.807, 2.05) is 20.8 Å². The van der Waals surface area contributed by atoms with Crippen LogP contribution in [0.25, 0.3) is 0 Å². The first-order valence-electron chi connectivity index (χ1n) is 6.43.